The van der Waals surface area contributed by atoms with E-state index in [0.29, 0.717) is 19.6 Å². The third-order valence-corrected chi connectivity index (χ3v) is 4.67. The second-order valence-electron chi connectivity index (χ2n) is 5.33. The Kier molecular flexibility index (Phi) is 4.27. The predicted molar refractivity (Wildman–Crippen MR) is 75.6 cm³/mol. The highest BCUT2D eigenvalue weighted by Crippen LogP contribution is 2.24. The molecule has 7 heteroatoms. The van der Waals surface area contributed by atoms with E-state index in [9.17, 15) is 9.59 Å². The van der Waals surface area contributed by atoms with Crippen LogP contribution < -0.4 is 0 Å². The van der Waals surface area contributed by atoms with Crippen LogP contribution in [0, 0.1) is 18.8 Å². The summed E-state index contributed by atoms with van der Waals surface area (Å²) in [6, 6.07) is -0.117. The zero-order valence-electron chi connectivity index (χ0n) is 11.9. The van der Waals surface area contributed by atoms with Crippen molar-refractivity contribution in [2.24, 2.45) is 11.8 Å². The summed E-state index contributed by atoms with van der Waals surface area (Å²) in [6.45, 7) is 5.10. The minimum absolute atomic E-state index is 0.00464. The van der Waals surface area contributed by atoms with Crippen molar-refractivity contribution in [3.8, 4) is 0 Å². The van der Waals surface area contributed by atoms with Crippen molar-refractivity contribution >= 4 is 23.3 Å². The number of hydrogen-bond acceptors (Lipinski definition) is 4. The van der Waals surface area contributed by atoms with E-state index in [0.717, 1.165) is 10.6 Å². The van der Waals surface area contributed by atoms with Crippen LogP contribution in [0.3, 0.4) is 0 Å². The first-order valence-corrected chi connectivity index (χ1v) is 7.40. The number of aromatic nitrogens is 1. The van der Waals surface area contributed by atoms with Crippen molar-refractivity contribution < 1.29 is 14.7 Å². The van der Waals surface area contributed by atoms with Gasteiger partial charge in [0.1, 0.15) is 0 Å². The number of carboxylic acid groups (broad SMARTS) is 1. The van der Waals surface area contributed by atoms with Crippen molar-refractivity contribution in [3.63, 3.8) is 0 Å². The van der Waals surface area contributed by atoms with Gasteiger partial charge in [0, 0.05) is 25.0 Å². The van der Waals surface area contributed by atoms with E-state index in [1.807, 2.05) is 13.8 Å². The number of carbonyl (C=O) groups excluding carboxylic acids is 1. The molecule has 2 heterocycles. The van der Waals surface area contributed by atoms with Gasteiger partial charge >= 0.3 is 12.0 Å². The van der Waals surface area contributed by atoms with Gasteiger partial charge in [-0.1, -0.05) is 6.92 Å². The molecule has 0 radical (unpaired) electrons. The van der Waals surface area contributed by atoms with Crippen molar-refractivity contribution in [2.75, 3.05) is 20.1 Å². The van der Waals surface area contributed by atoms with Crippen LogP contribution in [0.1, 0.15) is 17.5 Å². The van der Waals surface area contributed by atoms with Crippen LogP contribution in [-0.2, 0) is 11.3 Å². The maximum Gasteiger partial charge on any atom is 0.320 e. The number of carbonyl (C=O) groups is 2. The van der Waals surface area contributed by atoms with Crippen molar-refractivity contribution in [1.82, 2.24) is 14.8 Å². The molecule has 0 unspecified atom stereocenters. The number of thiazole rings is 1. The number of aryl methyl sites for hydroxylation is 1. The lowest BCUT2D eigenvalue weighted by Gasteiger charge is -2.24. The monoisotopic (exact) mass is 297 g/mol. The number of hydrogen-bond donors (Lipinski definition) is 1. The van der Waals surface area contributed by atoms with Gasteiger partial charge in [0.2, 0.25) is 0 Å². The van der Waals surface area contributed by atoms with Gasteiger partial charge in [0.05, 0.1) is 23.7 Å². The number of nitrogens with zero attached hydrogens (tertiary/aromatic N) is 3. The van der Waals surface area contributed by atoms with Gasteiger partial charge in [-0.25, -0.2) is 9.78 Å². The van der Waals surface area contributed by atoms with E-state index in [-0.39, 0.29) is 11.9 Å². The SMILES string of the molecule is Cc1ncsc1CN(C)C(=O)N1C[C@@H](C)[C@H](C(=O)O)C1. The molecule has 6 nitrogen and oxygen atoms in total. The second kappa shape index (κ2) is 5.78. The summed E-state index contributed by atoms with van der Waals surface area (Å²) in [5.74, 6) is -1.29. The van der Waals surface area contributed by atoms with E-state index < -0.39 is 11.9 Å². The first-order valence-electron chi connectivity index (χ1n) is 6.52. The third-order valence-electron chi connectivity index (χ3n) is 3.75. The zero-order chi connectivity index (χ0) is 14.9. The molecule has 110 valence electrons. The van der Waals surface area contributed by atoms with Gasteiger partial charge in [-0.05, 0) is 12.8 Å². The van der Waals surface area contributed by atoms with Gasteiger partial charge in [0.25, 0.3) is 0 Å². The summed E-state index contributed by atoms with van der Waals surface area (Å²) in [5.41, 5.74) is 2.70. The normalized spacial score (nSPS) is 22.1. The molecule has 1 fully saturated rings. The van der Waals surface area contributed by atoms with Crippen molar-refractivity contribution in [3.05, 3.63) is 16.1 Å². The molecular weight excluding hydrogens is 278 g/mol. The third kappa shape index (κ3) is 2.92. The fourth-order valence-corrected chi connectivity index (χ4v) is 3.28. The summed E-state index contributed by atoms with van der Waals surface area (Å²) in [4.78, 5) is 31.9. The number of rotatable bonds is 3. The molecule has 2 atom stereocenters. The lowest BCUT2D eigenvalue weighted by molar-refractivity contribution is -0.142. The van der Waals surface area contributed by atoms with Gasteiger partial charge in [-0.3, -0.25) is 4.79 Å². The van der Waals surface area contributed by atoms with Gasteiger partial charge in [-0.2, -0.15) is 0 Å². The van der Waals surface area contributed by atoms with Crippen molar-refractivity contribution in [2.45, 2.75) is 20.4 Å². The Hall–Kier alpha value is -1.63. The zero-order valence-corrected chi connectivity index (χ0v) is 12.7. The molecule has 0 spiro atoms. The minimum atomic E-state index is -0.825. The molecule has 1 N–H and O–H groups in total. The summed E-state index contributed by atoms with van der Waals surface area (Å²) in [7, 11) is 1.74. The molecule has 1 aliphatic rings. The number of urea groups is 1. The van der Waals surface area contributed by atoms with Gasteiger partial charge in [0.15, 0.2) is 0 Å². The van der Waals surface area contributed by atoms with E-state index in [1.54, 1.807) is 22.4 Å². The molecule has 1 aromatic heterocycles. The van der Waals surface area contributed by atoms with E-state index in [4.69, 9.17) is 5.11 Å². The lowest BCUT2D eigenvalue weighted by Crippen LogP contribution is -2.39. The van der Waals surface area contributed by atoms with E-state index in [2.05, 4.69) is 4.98 Å². The van der Waals surface area contributed by atoms with Crippen LogP contribution in [-0.4, -0.2) is 52.0 Å². The topological polar surface area (TPSA) is 73.7 Å². The van der Waals surface area contributed by atoms with Crippen LogP contribution in [0.15, 0.2) is 5.51 Å². The Morgan fingerprint density at radius 1 is 1.55 bits per heavy atom. The second-order valence-corrected chi connectivity index (χ2v) is 6.27. The molecular formula is C13H19N3O3S. The van der Waals surface area contributed by atoms with Crippen LogP contribution >= 0.6 is 11.3 Å². The smallest absolute Gasteiger partial charge is 0.320 e. The Bertz CT molecular complexity index is 517. The number of carboxylic acids is 1. The van der Waals surface area contributed by atoms with E-state index >= 15 is 0 Å². The van der Waals surface area contributed by atoms with Crippen LogP contribution in [0.2, 0.25) is 0 Å². The summed E-state index contributed by atoms with van der Waals surface area (Å²) >= 11 is 1.53. The Balaban J connectivity index is 1.98. The molecule has 20 heavy (non-hydrogen) atoms. The average molecular weight is 297 g/mol. The number of amides is 2. The molecule has 1 aliphatic heterocycles. The van der Waals surface area contributed by atoms with Crippen LogP contribution in [0.5, 0.6) is 0 Å². The summed E-state index contributed by atoms with van der Waals surface area (Å²) in [5, 5.41) is 9.11. The molecule has 0 aliphatic carbocycles. The standard InChI is InChI=1S/C13H19N3O3S/c1-8-4-16(5-10(8)12(17)18)13(19)15(3)6-11-9(2)14-7-20-11/h7-8,10H,4-6H2,1-3H3,(H,17,18)/t8-,10-/m1/s1. The van der Waals surface area contributed by atoms with Gasteiger partial charge in [-0.15, -0.1) is 11.3 Å². The van der Waals surface area contributed by atoms with Crippen molar-refractivity contribution in [1.29, 1.82) is 0 Å². The maximum absolute atomic E-state index is 12.3. The first-order chi connectivity index (χ1) is 9.40. The Morgan fingerprint density at radius 3 is 2.75 bits per heavy atom. The highest BCUT2D eigenvalue weighted by atomic mass is 32.1. The Morgan fingerprint density at radius 2 is 2.25 bits per heavy atom. The average Bonchev–Trinajstić information content (AvgIpc) is 2.95. The molecule has 2 amide bonds. The molecule has 0 saturated carbocycles. The summed E-state index contributed by atoms with van der Waals surface area (Å²) < 4.78 is 0. The number of aliphatic carboxylic acids is 1. The lowest BCUT2D eigenvalue weighted by atomic mass is 9.99. The quantitative estimate of drug-likeness (QED) is 0.920. The maximum atomic E-state index is 12.3. The molecule has 0 aromatic carbocycles. The minimum Gasteiger partial charge on any atom is -0.481 e. The number of likely N-dealkylation sites (tertiary alicyclic amines) is 1. The van der Waals surface area contributed by atoms with Crippen LogP contribution in [0.4, 0.5) is 4.79 Å². The molecule has 2 rings (SSSR count). The predicted octanol–water partition coefficient (Wildman–Crippen LogP) is 1.66. The molecule has 1 aromatic rings. The summed E-state index contributed by atoms with van der Waals surface area (Å²) in [6.07, 6.45) is 0. The fourth-order valence-electron chi connectivity index (χ4n) is 2.45. The fraction of sp³-hybridized carbons (Fsp3) is 0.615. The van der Waals surface area contributed by atoms with Gasteiger partial charge < -0.3 is 14.9 Å². The highest BCUT2D eigenvalue weighted by molar-refractivity contribution is 7.09. The highest BCUT2D eigenvalue weighted by Gasteiger charge is 2.37. The Labute approximate surface area is 122 Å². The molecule has 1 saturated heterocycles. The van der Waals surface area contributed by atoms with Crippen LogP contribution in [0.25, 0.3) is 0 Å². The largest absolute Gasteiger partial charge is 0.481 e. The molecule has 0 bridgehead atoms. The first kappa shape index (κ1) is 14.8. The van der Waals surface area contributed by atoms with E-state index in [1.165, 1.54) is 11.3 Å².